The van der Waals surface area contributed by atoms with Crippen molar-refractivity contribution in [2.24, 2.45) is 11.8 Å². The van der Waals surface area contributed by atoms with E-state index in [1.54, 1.807) is 0 Å². The van der Waals surface area contributed by atoms with E-state index in [1.807, 2.05) is 0 Å². The molecule has 1 nitrogen and oxygen atoms in total. The van der Waals surface area contributed by atoms with Crippen molar-refractivity contribution in [1.82, 2.24) is 5.32 Å². The highest BCUT2D eigenvalue weighted by molar-refractivity contribution is 4.79. The van der Waals surface area contributed by atoms with Crippen LogP contribution in [-0.4, -0.2) is 12.6 Å². The number of hydrogen-bond acceptors (Lipinski definition) is 1. The number of nitrogens with one attached hydrogen (secondary N) is 1. The molecule has 1 rings (SSSR count). The van der Waals surface area contributed by atoms with Crippen LogP contribution in [0.25, 0.3) is 0 Å². The molecule has 66 valence electrons. The number of rotatable bonds is 4. The summed E-state index contributed by atoms with van der Waals surface area (Å²) < 4.78 is 0. The largest absolute Gasteiger partial charge is 0.314 e. The lowest BCUT2D eigenvalue weighted by Gasteiger charge is -2.32. The molecule has 0 spiro atoms. The van der Waals surface area contributed by atoms with E-state index >= 15 is 0 Å². The van der Waals surface area contributed by atoms with Gasteiger partial charge in [0.25, 0.3) is 0 Å². The molecule has 1 saturated carbocycles. The van der Waals surface area contributed by atoms with Crippen LogP contribution in [0.1, 0.15) is 40.0 Å². The quantitative estimate of drug-likeness (QED) is 0.657. The highest BCUT2D eigenvalue weighted by Gasteiger charge is 2.23. The average molecular weight is 155 g/mol. The SMILES string of the molecule is CC(C)CNC(C)C1CCC1. The summed E-state index contributed by atoms with van der Waals surface area (Å²) in [6.45, 7) is 8.03. The third kappa shape index (κ3) is 2.82. The maximum absolute atomic E-state index is 3.58. The fraction of sp³-hybridized carbons (Fsp3) is 1.00. The van der Waals surface area contributed by atoms with Gasteiger partial charge in [0, 0.05) is 6.04 Å². The van der Waals surface area contributed by atoms with Crippen molar-refractivity contribution in [3.05, 3.63) is 0 Å². The van der Waals surface area contributed by atoms with Crippen LogP contribution >= 0.6 is 0 Å². The van der Waals surface area contributed by atoms with Gasteiger partial charge in [-0.25, -0.2) is 0 Å². The Balaban J connectivity index is 2.05. The molecule has 1 heteroatoms. The molecule has 1 atom stereocenters. The number of hydrogen-bond donors (Lipinski definition) is 1. The maximum atomic E-state index is 3.58. The summed E-state index contributed by atoms with van der Waals surface area (Å²) >= 11 is 0. The van der Waals surface area contributed by atoms with Gasteiger partial charge < -0.3 is 5.32 Å². The van der Waals surface area contributed by atoms with Crippen molar-refractivity contribution >= 4 is 0 Å². The average Bonchev–Trinajstić information content (AvgIpc) is 1.79. The van der Waals surface area contributed by atoms with Crippen LogP contribution < -0.4 is 5.32 Å². The first-order chi connectivity index (χ1) is 5.20. The molecule has 0 bridgehead atoms. The lowest BCUT2D eigenvalue weighted by molar-refractivity contribution is 0.236. The summed E-state index contributed by atoms with van der Waals surface area (Å²) in [5, 5.41) is 3.58. The van der Waals surface area contributed by atoms with E-state index in [2.05, 4.69) is 26.1 Å². The normalized spacial score (nSPS) is 21.8. The van der Waals surface area contributed by atoms with Gasteiger partial charge in [-0.3, -0.25) is 0 Å². The minimum absolute atomic E-state index is 0.756. The van der Waals surface area contributed by atoms with Crippen molar-refractivity contribution in [3.63, 3.8) is 0 Å². The standard InChI is InChI=1S/C10H21N/c1-8(2)7-11-9(3)10-5-4-6-10/h8-11H,4-7H2,1-3H3. The summed E-state index contributed by atoms with van der Waals surface area (Å²) in [4.78, 5) is 0. The van der Waals surface area contributed by atoms with Gasteiger partial charge in [-0.05, 0) is 38.1 Å². The van der Waals surface area contributed by atoms with Crippen molar-refractivity contribution in [1.29, 1.82) is 0 Å². The monoisotopic (exact) mass is 155 g/mol. The molecule has 0 aliphatic heterocycles. The lowest BCUT2D eigenvalue weighted by atomic mass is 9.80. The van der Waals surface area contributed by atoms with Gasteiger partial charge in [0.05, 0.1) is 0 Å². The van der Waals surface area contributed by atoms with Gasteiger partial charge >= 0.3 is 0 Å². The highest BCUT2D eigenvalue weighted by Crippen LogP contribution is 2.29. The van der Waals surface area contributed by atoms with Crippen LogP contribution in [-0.2, 0) is 0 Å². The summed E-state index contributed by atoms with van der Waals surface area (Å²) in [7, 11) is 0. The molecule has 1 N–H and O–H groups in total. The minimum Gasteiger partial charge on any atom is -0.314 e. The zero-order valence-corrected chi connectivity index (χ0v) is 8.06. The Bertz CT molecular complexity index is 105. The molecule has 0 aromatic carbocycles. The predicted octanol–water partition coefficient (Wildman–Crippen LogP) is 2.42. The van der Waals surface area contributed by atoms with Gasteiger partial charge in [0.1, 0.15) is 0 Å². The molecule has 1 fully saturated rings. The molecule has 11 heavy (non-hydrogen) atoms. The third-order valence-electron chi connectivity index (χ3n) is 2.71. The van der Waals surface area contributed by atoms with Crippen LogP contribution in [0.5, 0.6) is 0 Å². The van der Waals surface area contributed by atoms with Crippen LogP contribution in [0.2, 0.25) is 0 Å². The first-order valence-corrected chi connectivity index (χ1v) is 4.93. The van der Waals surface area contributed by atoms with Crippen LogP contribution in [0.15, 0.2) is 0 Å². The van der Waals surface area contributed by atoms with Crippen molar-refractivity contribution in [3.8, 4) is 0 Å². The minimum atomic E-state index is 0.756. The Morgan fingerprint density at radius 2 is 1.91 bits per heavy atom. The molecule has 1 aliphatic rings. The zero-order chi connectivity index (χ0) is 8.27. The molecule has 0 amide bonds. The van der Waals surface area contributed by atoms with Crippen LogP contribution in [0.4, 0.5) is 0 Å². The first kappa shape index (κ1) is 9.05. The van der Waals surface area contributed by atoms with E-state index < -0.39 is 0 Å². The fourth-order valence-electron chi connectivity index (χ4n) is 1.53. The van der Waals surface area contributed by atoms with Gasteiger partial charge in [0.2, 0.25) is 0 Å². The Kier molecular flexibility index (Phi) is 3.38. The lowest BCUT2D eigenvalue weighted by Crippen LogP contribution is -2.38. The van der Waals surface area contributed by atoms with Crippen molar-refractivity contribution < 1.29 is 0 Å². The second-order valence-corrected chi connectivity index (χ2v) is 4.28. The van der Waals surface area contributed by atoms with Gasteiger partial charge in [-0.2, -0.15) is 0 Å². The molecule has 0 radical (unpaired) electrons. The third-order valence-corrected chi connectivity index (χ3v) is 2.71. The second-order valence-electron chi connectivity index (χ2n) is 4.28. The molecule has 1 unspecified atom stereocenters. The molecule has 0 aromatic rings. The second kappa shape index (κ2) is 4.10. The Hall–Kier alpha value is -0.0400. The fourth-order valence-corrected chi connectivity index (χ4v) is 1.53. The van der Waals surface area contributed by atoms with E-state index in [4.69, 9.17) is 0 Å². The Morgan fingerprint density at radius 1 is 1.27 bits per heavy atom. The van der Waals surface area contributed by atoms with E-state index in [9.17, 15) is 0 Å². The highest BCUT2D eigenvalue weighted by atomic mass is 14.9. The van der Waals surface area contributed by atoms with E-state index in [0.717, 1.165) is 17.9 Å². The molecule has 1 aliphatic carbocycles. The van der Waals surface area contributed by atoms with Gasteiger partial charge in [0.15, 0.2) is 0 Å². The summed E-state index contributed by atoms with van der Waals surface area (Å²) in [5.74, 6) is 1.77. The Labute approximate surface area is 70.6 Å². The summed E-state index contributed by atoms with van der Waals surface area (Å²) in [6, 6.07) is 0.756. The Morgan fingerprint density at radius 3 is 2.27 bits per heavy atom. The maximum Gasteiger partial charge on any atom is 0.00671 e. The van der Waals surface area contributed by atoms with Crippen LogP contribution in [0.3, 0.4) is 0 Å². The predicted molar refractivity (Wildman–Crippen MR) is 49.6 cm³/mol. The molecule has 0 heterocycles. The molecular weight excluding hydrogens is 134 g/mol. The van der Waals surface area contributed by atoms with Crippen molar-refractivity contribution in [2.45, 2.75) is 46.1 Å². The van der Waals surface area contributed by atoms with Gasteiger partial charge in [-0.15, -0.1) is 0 Å². The summed E-state index contributed by atoms with van der Waals surface area (Å²) in [5.41, 5.74) is 0. The van der Waals surface area contributed by atoms with Gasteiger partial charge in [-0.1, -0.05) is 20.3 Å². The zero-order valence-electron chi connectivity index (χ0n) is 8.06. The van der Waals surface area contributed by atoms with Crippen molar-refractivity contribution in [2.75, 3.05) is 6.54 Å². The smallest absolute Gasteiger partial charge is 0.00671 e. The van der Waals surface area contributed by atoms with E-state index in [0.29, 0.717) is 0 Å². The topological polar surface area (TPSA) is 12.0 Å². The van der Waals surface area contributed by atoms with Crippen LogP contribution in [0, 0.1) is 11.8 Å². The molecule has 0 saturated heterocycles. The molecular formula is C10H21N. The van der Waals surface area contributed by atoms with E-state index in [-0.39, 0.29) is 0 Å². The first-order valence-electron chi connectivity index (χ1n) is 4.93. The summed E-state index contributed by atoms with van der Waals surface area (Å²) in [6.07, 6.45) is 4.36. The molecule has 0 aromatic heterocycles. The van der Waals surface area contributed by atoms with E-state index in [1.165, 1.54) is 25.8 Å².